The first-order chi connectivity index (χ1) is 15.0. The fourth-order valence-electron chi connectivity index (χ4n) is 4.88. The Hall–Kier alpha value is -2.13. The van der Waals surface area contributed by atoms with Crippen molar-refractivity contribution < 1.29 is 9.47 Å². The van der Waals surface area contributed by atoms with E-state index < -0.39 is 0 Å². The number of likely N-dealkylation sites (tertiary alicyclic amines) is 1. The first kappa shape index (κ1) is 20.8. The van der Waals surface area contributed by atoms with Gasteiger partial charge in [-0.2, -0.15) is 10.2 Å². The van der Waals surface area contributed by atoms with Crippen LogP contribution in [0.5, 0.6) is 5.75 Å². The minimum absolute atomic E-state index is 0.00524. The van der Waals surface area contributed by atoms with E-state index in [-0.39, 0.29) is 5.60 Å². The van der Waals surface area contributed by atoms with E-state index in [0.29, 0.717) is 16.8 Å². The molecule has 0 radical (unpaired) electrons. The molecule has 2 saturated heterocycles. The average Bonchev–Trinajstić information content (AvgIpc) is 3.33. The van der Waals surface area contributed by atoms with E-state index in [9.17, 15) is 0 Å². The van der Waals surface area contributed by atoms with Gasteiger partial charge < -0.3 is 19.7 Å². The van der Waals surface area contributed by atoms with E-state index >= 15 is 0 Å². The first-order valence-corrected chi connectivity index (χ1v) is 11.1. The van der Waals surface area contributed by atoms with Crippen LogP contribution in [0.4, 0.5) is 0 Å². The third kappa shape index (κ3) is 3.61. The summed E-state index contributed by atoms with van der Waals surface area (Å²) >= 11 is 6.27. The molecule has 0 unspecified atom stereocenters. The molecule has 3 aromatic rings. The van der Waals surface area contributed by atoms with Crippen LogP contribution >= 0.6 is 11.6 Å². The normalized spacial score (nSPS) is 19.6. The van der Waals surface area contributed by atoms with Crippen molar-refractivity contribution in [2.75, 3.05) is 46.9 Å². The van der Waals surface area contributed by atoms with E-state index in [1.807, 2.05) is 25.6 Å². The summed E-state index contributed by atoms with van der Waals surface area (Å²) in [5, 5.41) is 13.0. The molecule has 5 rings (SSSR count). The second-order valence-electron chi connectivity index (χ2n) is 8.67. The molecule has 8 nitrogen and oxygen atoms in total. The number of nitrogens with one attached hydrogen (secondary N) is 1. The van der Waals surface area contributed by atoms with Crippen molar-refractivity contribution in [3.05, 3.63) is 35.4 Å². The Morgan fingerprint density at radius 1 is 1.19 bits per heavy atom. The molecule has 2 aliphatic heterocycles. The Bertz CT molecular complexity index is 1080. The number of pyridine rings is 1. The van der Waals surface area contributed by atoms with Crippen molar-refractivity contribution in [3.63, 3.8) is 0 Å². The largest absolute Gasteiger partial charge is 0.494 e. The number of rotatable bonds is 6. The highest BCUT2D eigenvalue weighted by atomic mass is 35.5. The lowest BCUT2D eigenvalue weighted by molar-refractivity contribution is -0.0762. The van der Waals surface area contributed by atoms with E-state index in [2.05, 4.69) is 26.9 Å². The minimum Gasteiger partial charge on any atom is -0.494 e. The highest BCUT2D eigenvalue weighted by molar-refractivity contribution is 6.34. The van der Waals surface area contributed by atoms with E-state index in [4.69, 9.17) is 26.2 Å². The molecule has 0 spiro atoms. The Morgan fingerprint density at radius 2 is 1.97 bits per heavy atom. The van der Waals surface area contributed by atoms with E-state index in [1.54, 1.807) is 17.8 Å². The van der Waals surface area contributed by atoms with Crippen LogP contribution in [0.15, 0.2) is 24.7 Å². The highest BCUT2D eigenvalue weighted by Gasteiger charge is 2.39. The summed E-state index contributed by atoms with van der Waals surface area (Å²) in [6.45, 7) is 7.16. The monoisotopic (exact) mass is 444 g/mol. The molecule has 0 atom stereocenters. The Labute approximate surface area is 187 Å². The maximum atomic E-state index is 6.27. The van der Waals surface area contributed by atoms with Crippen LogP contribution in [0, 0.1) is 6.92 Å². The molecule has 9 heteroatoms. The number of nitrogens with zero attached hydrogens (tertiary/aromatic N) is 5. The van der Waals surface area contributed by atoms with Crippen molar-refractivity contribution in [3.8, 4) is 16.9 Å². The fourth-order valence-corrected chi connectivity index (χ4v) is 5.10. The quantitative estimate of drug-likeness (QED) is 0.630. The van der Waals surface area contributed by atoms with Crippen LogP contribution in [0.1, 0.15) is 24.6 Å². The lowest BCUT2D eigenvalue weighted by Crippen LogP contribution is -2.66. The third-order valence-electron chi connectivity index (χ3n) is 6.85. The van der Waals surface area contributed by atoms with Gasteiger partial charge in [-0.25, -0.2) is 4.52 Å². The predicted octanol–water partition coefficient (Wildman–Crippen LogP) is 2.79. The number of piperidine rings is 1. The zero-order chi connectivity index (χ0) is 21.6. The lowest BCUT2D eigenvalue weighted by Gasteiger charge is -2.45. The van der Waals surface area contributed by atoms with Gasteiger partial charge in [0.1, 0.15) is 16.9 Å². The van der Waals surface area contributed by atoms with Crippen molar-refractivity contribution in [2.24, 2.45) is 0 Å². The summed E-state index contributed by atoms with van der Waals surface area (Å²) in [6, 6.07) is 2.42. The summed E-state index contributed by atoms with van der Waals surface area (Å²) in [5.41, 5.74) is 4.04. The number of aromatic nitrogens is 4. The van der Waals surface area contributed by atoms with E-state index in [1.165, 1.54) is 0 Å². The number of halogens is 1. The van der Waals surface area contributed by atoms with Gasteiger partial charge in [-0.05, 0) is 25.8 Å². The van der Waals surface area contributed by atoms with Crippen molar-refractivity contribution in [2.45, 2.75) is 31.4 Å². The molecule has 0 saturated carbocycles. The van der Waals surface area contributed by atoms with Crippen LogP contribution in [-0.4, -0.2) is 76.8 Å². The van der Waals surface area contributed by atoms with Gasteiger partial charge in [-0.1, -0.05) is 11.6 Å². The summed E-state index contributed by atoms with van der Waals surface area (Å²) < 4.78 is 15.3. The highest BCUT2D eigenvalue weighted by Crippen LogP contribution is 2.34. The maximum Gasteiger partial charge on any atom is 0.146 e. The van der Waals surface area contributed by atoms with Gasteiger partial charge in [-0.15, -0.1) is 0 Å². The van der Waals surface area contributed by atoms with Crippen LogP contribution in [-0.2, 0) is 4.74 Å². The molecule has 0 aromatic carbocycles. The van der Waals surface area contributed by atoms with Crippen LogP contribution < -0.4 is 10.1 Å². The second-order valence-corrected chi connectivity index (χ2v) is 9.08. The predicted molar refractivity (Wildman–Crippen MR) is 120 cm³/mol. The number of hydrogen-bond acceptors (Lipinski definition) is 6. The first-order valence-electron chi connectivity index (χ1n) is 10.8. The van der Waals surface area contributed by atoms with E-state index in [0.717, 1.165) is 67.9 Å². The van der Waals surface area contributed by atoms with Crippen molar-refractivity contribution >= 4 is 17.1 Å². The molecule has 1 N–H and O–H groups in total. The van der Waals surface area contributed by atoms with Gasteiger partial charge >= 0.3 is 0 Å². The number of hydrogen-bond donors (Lipinski definition) is 1. The third-order valence-corrected chi connectivity index (χ3v) is 7.13. The zero-order valence-electron chi connectivity index (χ0n) is 18.3. The standard InChI is InChI=1S/C22H29ClN6O2/c1-15-18(16-8-20(30-2)21-19(23)10-25-28(21)11-16)9-26-29(15)17-4-6-27(7-5-17)14-22(31-3)12-24-13-22/h8-11,17,24H,4-7,12-14H2,1-3H3. The molecular weight excluding hydrogens is 416 g/mol. The van der Waals surface area contributed by atoms with Gasteiger partial charge in [-0.3, -0.25) is 4.68 Å². The maximum absolute atomic E-state index is 6.27. The lowest BCUT2D eigenvalue weighted by atomic mass is 9.94. The minimum atomic E-state index is -0.00524. The van der Waals surface area contributed by atoms with Gasteiger partial charge in [0.15, 0.2) is 0 Å². The number of ether oxygens (including phenoxy) is 2. The summed E-state index contributed by atoms with van der Waals surface area (Å²) in [4.78, 5) is 2.53. The molecule has 2 fully saturated rings. The van der Waals surface area contributed by atoms with Crippen LogP contribution in [0.2, 0.25) is 5.02 Å². The molecule has 166 valence electrons. The Kier molecular flexibility index (Phi) is 5.42. The topological polar surface area (TPSA) is 68.8 Å². The number of methoxy groups -OCH3 is 2. The average molecular weight is 445 g/mol. The fraction of sp³-hybridized carbons (Fsp3) is 0.545. The molecule has 0 bridgehead atoms. The summed E-state index contributed by atoms with van der Waals surface area (Å²) in [5.74, 6) is 0.706. The van der Waals surface area contributed by atoms with Crippen molar-refractivity contribution in [1.82, 2.24) is 29.6 Å². The molecular formula is C22H29ClN6O2. The van der Waals surface area contributed by atoms with Gasteiger partial charge in [0.05, 0.1) is 30.6 Å². The van der Waals surface area contributed by atoms with Crippen molar-refractivity contribution in [1.29, 1.82) is 0 Å². The Morgan fingerprint density at radius 3 is 2.61 bits per heavy atom. The van der Waals surface area contributed by atoms with Gasteiger partial charge in [0, 0.05) is 62.9 Å². The smallest absolute Gasteiger partial charge is 0.146 e. The van der Waals surface area contributed by atoms with Crippen LogP contribution in [0.25, 0.3) is 16.6 Å². The van der Waals surface area contributed by atoms with Crippen LogP contribution in [0.3, 0.4) is 0 Å². The molecule has 0 amide bonds. The molecule has 3 aromatic heterocycles. The summed E-state index contributed by atoms with van der Waals surface area (Å²) in [6.07, 6.45) is 7.75. The molecule has 0 aliphatic carbocycles. The summed E-state index contributed by atoms with van der Waals surface area (Å²) in [7, 11) is 3.48. The number of fused-ring (bicyclic) bond motifs is 1. The van der Waals surface area contributed by atoms with Gasteiger partial charge in [0.2, 0.25) is 0 Å². The van der Waals surface area contributed by atoms with Gasteiger partial charge in [0.25, 0.3) is 0 Å². The zero-order valence-corrected chi connectivity index (χ0v) is 19.0. The molecule has 5 heterocycles. The molecule has 31 heavy (non-hydrogen) atoms. The SMILES string of the molecule is COc1cc(-c2cnn(C3CCN(CC4(OC)CNC4)CC3)c2C)cn2ncc(Cl)c12. The second kappa shape index (κ2) is 8.09. The molecule has 2 aliphatic rings. The Balaban J connectivity index is 1.34.